The zero-order valence-electron chi connectivity index (χ0n) is 16.2. The van der Waals surface area contributed by atoms with Gasteiger partial charge in [-0.15, -0.1) is 24.0 Å². The summed E-state index contributed by atoms with van der Waals surface area (Å²) < 4.78 is 0. The molecule has 2 aliphatic rings. The summed E-state index contributed by atoms with van der Waals surface area (Å²) in [7, 11) is 3.44. The van der Waals surface area contributed by atoms with E-state index in [9.17, 15) is 9.59 Å². The van der Waals surface area contributed by atoms with Crippen LogP contribution in [0.5, 0.6) is 0 Å². The van der Waals surface area contributed by atoms with Crippen LogP contribution < -0.4 is 5.32 Å². The second-order valence-electron chi connectivity index (χ2n) is 7.87. The smallest absolute Gasteiger partial charge is 0.243 e. The van der Waals surface area contributed by atoms with Crippen molar-refractivity contribution in [2.24, 2.45) is 4.99 Å². The van der Waals surface area contributed by atoms with Crippen LogP contribution in [0.4, 0.5) is 0 Å². The first-order valence-corrected chi connectivity index (χ1v) is 8.70. The van der Waals surface area contributed by atoms with E-state index >= 15 is 0 Å². The molecule has 8 heteroatoms. The molecule has 25 heavy (non-hydrogen) atoms. The Hall–Kier alpha value is -1.06. The van der Waals surface area contributed by atoms with Gasteiger partial charge in [-0.3, -0.25) is 9.59 Å². The van der Waals surface area contributed by atoms with E-state index in [1.54, 1.807) is 14.1 Å². The third-order valence-electron chi connectivity index (χ3n) is 4.41. The van der Waals surface area contributed by atoms with E-state index in [2.05, 4.69) is 24.2 Å². The van der Waals surface area contributed by atoms with Gasteiger partial charge >= 0.3 is 0 Å². The van der Waals surface area contributed by atoms with Gasteiger partial charge in [-0.05, 0) is 40.5 Å². The summed E-state index contributed by atoms with van der Waals surface area (Å²) in [4.78, 5) is 34.5. The molecule has 0 spiro atoms. The minimum atomic E-state index is -0.277. The molecule has 144 valence electrons. The van der Waals surface area contributed by atoms with Crippen molar-refractivity contribution < 1.29 is 9.59 Å². The Balaban J connectivity index is 0.00000312. The average molecular weight is 465 g/mol. The number of carbonyl (C=O) groups excluding carboxylic acids is 2. The molecular weight excluding hydrogens is 433 g/mol. The Morgan fingerprint density at radius 3 is 2.40 bits per heavy atom. The number of hydrogen-bond acceptors (Lipinski definition) is 3. The highest BCUT2D eigenvalue weighted by Gasteiger charge is 2.41. The van der Waals surface area contributed by atoms with Gasteiger partial charge in [0, 0.05) is 32.7 Å². The third kappa shape index (κ3) is 5.72. The Morgan fingerprint density at radius 2 is 1.96 bits per heavy atom. The molecule has 1 saturated heterocycles. The number of nitrogens with one attached hydrogen (secondary N) is 1. The SMILES string of the molecule is CC(C)N1C(=O)CN(C(=NCC(=O)N(C)C)NC2CC2)CC1(C)C.I. The van der Waals surface area contributed by atoms with Crippen molar-refractivity contribution in [3.05, 3.63) is 0 Å². The Bertz CT molecular complexity index is 529. The van der Waals surface area contributed by atoms with E-state index < -0.39 is 0 Å². The fourth-order valence-corrected chi connectivity index (χ4v) is 3.24. The Kier molecular flexibility index (Phi) is 7.52. The summed E-state index contributed by atoms with van der Waals surface area (Å²) in [6, 6.07) is 0.585. The summed E-state index contributed by atoms with van der Waals surface area (Å²) in [6.07, 6.45) is 2.23. The van der Waals surface area contributed by atoms with Crippen LogP contribution >= 0.6 is 24.0 Å². The molecule has 0 aromatic heterocycles. The van der Waals surface area contributed by atoms with Gasteiger partial charge in [-0.25, -0.2) is 4.99 Å². The predicted octanol–water partition coefficient (Wildman–Crippen LogP) is 1.13. The van der Waals surface area contributed by atoms with E-state index in [0.717, 1.165) is 12.8 Å². The number of guanidine groups is 1. The van der Waals surface area contributed by atoms with Crippen LogP contribution in [-0.2, 0) is 9.59 Å². The quantitative estimate of drug-likeness (QED) is 0.384. The molecular formula is C17H32IN5O2. The maximum atomic E-state index is 12.6. The van der Waals surface area contributed by atoms with Crippen LogP contribution in [0.3, 0.4) is 0 Å². The van der Waals surface area contributed by atoms with Gasteiger partial charge in [0.15, 0.2) is 5.96 Å². The highest BCUT2D eigenvalue weighted by atomic mass is 127. The molecule has 1 N–H and O–H groups in total. The van der Waals surface area contributed by atoms with Crippen LogP contribution in [-0.4, -0.2) is 83.8 Å². The van der Waals surface area contributed by atoms with Crippen molar-refractivity contribution >= 4 is 41.8 Å². The third-order valence-corrected chi connectivity index (χ3v) is 4.41. The zero-order chi connectivity index (χ0) is 18.1. The lowest BCUT2D eigenvalue weighted by Crippen LogP contribution is -2.66. The second kappa shape index (κ2) is 8.55. The molecule has 7 nitrogen and oxygen atoms in total. The van der Waals surface area contributed by atoms with Gasteiger partial charge < -0.3 is 20.0 Å². The summed E-state index contributed by atoms with van der Waals surface area (Å²) in [6.45, 7) is 9.35. The first-order valence-electron chi connectivity index (χ1n) is 8.70. The normalized spacial score (nSPS) is 20.4. The van der Waals surface area contributed by atoms with Crippen LogP contribution in [0, 0.1) is 0 Å². The van der Waals surface area contributed by atoms with E-state index in [-0.39, 0.29) is 53.9 Å². The van der Waals surface area contributed by atoms with Gasteiger partial charge in [0.2, 0.25) is 11.8 Å². The largest absolute Gasteiger partial charge is 0.353 e. The van der Waals surface area contributed by atoms with Crippen molar-refractivity contribution in [3.8, 4) is 0 Å². The van der Waals surface area contributed by atoms with E-state index in [1.807, 2.05) is 23.6 Å². The number of likely N-dealkylation sites (N-methyl/N-ethyl adjacent to an activating group) is 1. The minimum absolute atomic E-state index is 0. The number of aliphatic imine (C=N–C) groups is 1. The lowest BCUT2D eigenvalue weighted by molar-refractivity contribution is -0.145. The van der Waals surface area contributed by atoms with Gasteiger partial charge in [-0.1, -0.05) is 0 Å². The minimum Gasteiger partial charge on any atom is -0.353 e. The molecule has 1 aliphatic carbocycles. The molecule has 2 amide bonds. The van der Waals surface area contributed by atoms with Crippen molar-refractivity contribution in [1.29, 1.82) is 0 Å². The zero-order valence-corrected chi connectivity index (χ0v) is 18.5. The fourth-order valence-electron chi connectivity index (χ4n) is 3.24. The molecule has 1 aliphatic heterocycles. The van der Waals surface area contributed by atoms with Gasteiger partial charge in [0.1, 0.15) is 6.54 Å². The number of amides is 2. The summed E-state index contributed by atoms with van der Waals surface area (Å²) in [5.41, 5.74) is -0.277. The van der Waals surface area contributed by atoms with E-state index in [1.165, 1.54) is 4.90 Å². The van der Waals surface area contributed by atoms with Gasteiger partial charge in [0.05, 0.1) is 12.1 Å². The van der Waals surface area contributed by atoms with Crippen LogP contribution in [0.1, 0.15) is 40.5 Å². The van der Waals surface area contributed by atoms with Crippen molar-refractivity contribution in [2.45, 2.75) is 58.2 Å². The highest BCUT2D eigenvalue weighted by molar-refractivity contribution is 14.0. The number of halogens is 1. The first-order chi connectivity index (χ1) is 11.1. The maximum absolute atomic E-state index is 12.6. The van der Waals surface area contributed by atoms with Gasteiger partial charge in [-0.2, -0.15) is 0 Å². The van der Waals surface area contributed by atoms with Crippen LogP contribution in [0.25, 0.3) is 0 Å². The molecule has 0 aromatic rings. The van der Waals surface area contributed by atoms with Gasteiger partial charge in [0.25, 0.3) is 0 Å². The monoisotopic (exact) mass is 465 g/mol. The fraction of sp³-hybridized carbons (Fsp3) is 0.824. The molecule has 0 aromatic carbocycles. The van der Waals surface area contributed by atoms with E-state index in [0.29, 0.717) is 25.1 Å². The standard InChI is InChI=1S/C17H31N5O2.HI/c1-12(2)22-15(24)10-21(11-17(22,3)4)16(19-13-7-8-13)18-9-14(23)20(5)6;/h12-13H,7-11H2,1-6H3,(H,18,19);1H. The lowest BCUT2D eigenvalue weighted by Gasteiger charge is -2.49. The number of carbonyl (C=O) groups is 2. The highest BCUT2D eigenvalue weighted by Crippen LogP contribution is 2.25. The van der Waals surface area contributed by atoms with Crippen LogP contribution in [0.2, 0.25) is 0 Å². The molecule has 0 unspecified atom stereocenters. The topological polar surface area (TPSA) is 68.2 Å². The average Bonchev–Trinajstić information content (AvgIpc) is 3.24. The molecule has 1 heterocycles. The van der Waals surface area contributed by atoms with Crippen LogP contribution in [0.15, 0.2) is 4.99 Å². The van der Waals surface area contributed by atoms with Crippen molar-refractivity contribution in [2.75, 3.05) is 33.7 Å². The predicted molar refractivity (Wildman–Crippen MR) is 110 cm³/mol. The molecule has 2 fully saturated rings. The van der Waals surface area contributed by atoms with Crippen molar-refractivity contribution in [3.63, 3.8) is 0 Å². The second-order valence-corrected chi connectivity index (χ2v) is 7.87. The molecule has 1 saturated carbocycles. The molecule has 0 atom stereocenters. The molecule has 2 rings (SSSR count). The maximum Gasteiger partial charge on any atom is 0.243 e. The van der Waals surface area contributed by atoms with Crippen molar-refractivity contribution in [1.82, 2.24) is 20.0 Å². The number of nitrogens with zero attached hydrogens (tertiary/aromatic N) is 4. The number of rotatable bonds is 4. The number of hydrogen-bond donors (Lipinski definition) is 1. The molecule has 0 bridgehead atoms. The first kappa shape index (κ1) is 22.0. The Labute approximate surface area is 168 Å². The lowest BCUT2D eigenvalue weighted by atomic mass is 9.96. The number of piperazine rings is 1. The summed E-state index contributed by atoms with van der Waals surface area (Å²) >= 11 is 0. The van der Waals surface area contributed by atoms with E-state index in [4.69, 9.17) is 0 Å². The summed E-state index contributed by atoms with van der Waals surface area (Å²) in [5, 5.41) is 3.39. The summed E-state index contributed by atoms with van der Waals surface area (Å²) in [5.74, 6) is 0.736. The Morgan fingerprint density at radius 1 is 1.36 bits per heavy atom. The molecule has 0 radical (unpaired) electrons.